The Morgan fingerprint density at radius 1 is 0.750 bits per heavy atom. The van der Waals surface area contributed by atoms with Gasteiger partial charge in [0.15, 0.2) is 0 Å². The molecular formula is C27H29N. The molecule has 3 aromatic carbocycles. The van der Waals surface area contributed by atoms with Gasteiger partial charge in [0.05, 0.1) is 0 Å². The highest BCUT2D eigenvalue weighted by Crippen LogP contribution is 2.33. The van der Waals surface area contributed by atoms with E-state index in [1.807, 2.05) is 19.1 Å². The molecule has 0 radical (unpaired) electrons. The van der Waals surface area contributed by atoms with E-state index >= 15 is 0 Å². The highest BCUT2D eigenvalue weighted by atomic mass is 15.1. The van der Waals surface area contributed by atoms with Gasteiger partial charge in [-0.05, 0) is 59.4 Å². The number of benzene rings is 3. The predicted molar refractivity (Wildman–Crippen MR) is 123 cm³/mol. The average molecular weight is 368 g/mol. The molecule has 0 aromatic heterocycles. The zero-order chi connectivity index (χ0) is 20.1. The summed E-state index contributed by atoms with van der Waals surface area (Å²) in [6.45, 7) is 12.8. The van der Waals surface area contributed by atoms with Crippen molar-refractivity contribution in [3.05, 3.63) is 109 Å². The maximum atomic E-state index is 4.02. The van der Waals surface area contributed by atoms with E-state index in [1.54, 1.807) is 0 Å². The minimum absolute atomic E-state index is 0.141. The first kappa shape index (κ1) is 19.7. The van der Waals surface area contributed by atoms with Crippen LogP contribution < -0.4 is 4.90 Å². The van der Waals surface area contributed by atoms with E-state index in [1.165, 1.54) is 16.7 Å². The number of hydrogen-bond donors (Lipinski definition) is 0. The molecule has 0 aliphatic rings. The van der Waals surface area contributed by atoms with Gasteiger partial charge in [0.25, 0.3) is 0 Å². The molecule has 0 spiro atoms. The normalized spacial score (nSPS) is 11.9. The first-order chi connectivity index (χ1) is 13.4. The number of hydrogen-bond acceptors (Lipinski definition) is 1. The van der Waals surface area contributed by atoms with Crippen LogP contribution in [-0.4, -0.2) is 0 Å². The lowest BCUT2D eigenvalue weighted by atomic mass is 9.87. The van der Waals surface area contributed by atoms with E-state index < -0.39 is 0 Å². The lowest BCUT2D eigenvalue weighted by Gasteiger charge is -2.27. The monoisotopic (exact) mass is 367 g/mol. The van der Waals surface area contributed by atoms with E-state index in [-0.39, 0.29) is 5.41 Å². The Hall–Kier alpha value is -3.06. The van der Waals surface area contributed by atoms with Crippen LogP contribution in [0.2, 0.25) is 0 Å². The molecule has 3 aromatic rings. The van der Waals surface area contributed by atoms with Gasteiger partial charge in [0, 0.05) is 17.1 Å². The molecule has 0 N–H and O–H groups in total. The van der Waals surface area contributed by atoms with Crippen molar-refractivity contribution in [1.82, 2.24) is 0 Å². The van der Waals surface area contributed by atoms with Crippen LogP contribution in [0.25, 0.3) is 11.1 Å². The number of allylic oxidation sites excluding steroid dienone is 2. The van der Waals surface area contributed by atoms with E-state index in [0.29, 0.717) is 0 Å². The van der Waals surface area contributed by atoms with Crippen molar-refractivity contribution in [2.24, 2.45) is 0 Å². The molecule has 0 atom stereocenters. The molecule has 3 rings (SSSR count). The van der Waals surface area contributed by atoms with Crippen molar-refractivity contribution in [2.45, 2.75) is 33.1 Å². The maximum Gasteiger partial charge on any atom is 0.0461 e. The second-order valence-corrected chi connectivity index (χ2v) is 7.96. The van der Waals surface area contributed by atoms with Crippen molar-refractivity contribution in [2.75, 3.05) is 4.90 Å². The fourth-order valence-electron chi connectivity index (χ4n) is 3.33. The smallest absolute Gasteiger partial charge is 0.0461 e. The summed E-state index contributed by atoms with van der Waals surface area (Å²) in [5.41, 5.74) is 7.23. The summed E-state index contributed by atoms with van der Waals surface area (Å²) in [5, 5.41) is 0. The first-order valence-electron chi connectivity index (χ1n) is 9.79. The Balaban J connectivity index is 2.00. The summed E-state index contributed by atoms with van der Waals surface area (Å²) >= 11 is 0. The van der Waals surface area contributed by atoms with E-state index in [9.17, 15) is 0 Å². The molecule has 0 amide bonds. The lowest BCUT2D eigenvalue weighted by molar-refractivity contribution is 0.590. The van der Waals surface area contributed by atoms with Gasteiger partial charge in [0.1, 0.15) is 0 Å². The number of anilines is 2. The molecule has 0 unspecified atom stereocenters. The van der Waals surface area contributed by atoms with Gasteiger partial charge in [0.2, 0.25) is 0 Å². The Labute approximate surface area is 169 Å². The van der Waals surface area contributed by atoms with Crippen LogP contribution in [0.3, 0.4) is 0 Å². The maximum absolute atomic E-state index is 4.02. The molecule has 1 nitrogen and oxygen atoms in total. The third-order valence-corrected chi connectivity index (χ3v) is 4.99. The Morgan fingerprint density at radius 2 is 1.25 bits per heavy atom. The lowest BCUT2D eigenvalue weighted by Crippen LogP contribution is -2.16. The fraction of sp³-hybridized carbons (Fsp3) is 0.185. The van der Waals surface area contributed by atoms with E-state index in [2.05, 4.69) is 111 Å². The minimum Gasteiger partial charge on any atom is -0.311 e. The molecule has 142 valence electrons. The summed E-state index contributed by atoms with van der Waals surface area (Å²) in [6.07, 6.45) is 4.00. The van der Waals surface area contributed by atoms with Crippen LogP contribution in [-0.2, 0) is 5.41 Å². The van der Waals surface area contributed by atoms with Crippen molar-refractivity contribution in [3.8, 4) is 11.1 Å². The Bertz CT molecular complexity index is 940. The van der Waals surface area contributed by atoms with Crippen molar-refractivity contribution >= 4 is 11.4 Å². The van der Waals surface area contributed by atoms with Crippen LogP contribution in [0.4, 0.5) is 11.4 Å². The third-order valence-electron chi connectivity index (χ3n) is 4.99. The van der Waals surface area contributed by atoms with Gasteiger partial charge in [-0.2, -0.15) is 0 Å². The Morgan fingerprint density at radius 3 is 1.71 bits per heavy atom. The van der Waals surface area contributed by atoms with Gasteiger partial charge < -0.3 is 4.90 Å². The quantitative estimate of drug-likeness (QED) is 0.415. The zero-order valence-corrected chi connectivity index (χ0v) is 17.3. The molecule has 28 heavy (non-hydrogen) atoms. The second kappa shape index (κ2) is 8.31. The van der Waals surface area contributed by atoms with Crippen molar-refractivity contribution in [3.63, 3.8) is 0 Å². The van der Waals surface area contributed by atoms with Crippen LogP contribution in [0, 0.1) is 0 Å². The molecule has 0 aliphatic carbocycles. The largest absolute Gasteiger partial charge is 0.311 e. The molecular weight excluding hydrogens is 338 g/mol. The van der Waals surface area contributed by atoms with Gasteiger partial charge >= 0.3 is 0 Å². The first-order valence-corrected chi connectivity index (χ1v) is 9.79. The predicted octanol–water partition coefficient (Wildman–Crippen LogP) is 7.88. The van der Waals surface area contributed by atoms with Gasteiger partial charge in [-0.1, -0.05) is 88.0 Å². The molecule has 0 saturated carbocycles. The minimum atomic E-state index is 0.141. The number of nitrogens with zero attached hydrogens (tertiary/aromatic N) is 1. The molecule has 0 heterocycles. The van der Waals surface area contributed by atoms with Gasteiger partial charge in [-0.25, -0.2) is 0 Å². The van der Waals surface area contributed by atoms with E-state index in [4.69, 9.17) is 0 Å². The highest BCUT2D eigenvalue weighted by molar-refractivity contribution is 5.73. The fourth-order valence-corrected chi connectivity index (χ4v) is 3.33. The third kappa shape index (κ3) is 4.26. The average Bonchev–Trinajstić information content (AvgIpc) is 2.72. The zero-order valence-electron chi connectivity index (χ0n) is 17.3. The standard InChI is InChI=1S/C27H29N/c1-6-24(7-2)28(26-19-15-23(16-20-26)27(3,4)5)25-17-13-22(14-18-25)21-11-9-8-10-12-21/h6-20H,1H2,2-5H3/b24-7+. The molecule has 0 bridgehead atoms. The summed E-state index contributed by atoms with van der Waals surface area (Å²) in [5.74, 6) is 0. The summed E-state index contributed by atoms with van der Waals surface area (Å²) < 4.78 is 0. The molecule has 0 aliphatic heterocycles. The van der Waals surface area contributed by atoms with Gasteiger partial charge in [-0.3, -0.25) is 0 Å². The van der Waals surface area contributed by atoms with Crippen LogP contribution >= 0.6 is 0 Å². The topological polar surface area (TPSA) is 3.24 Å². The second-order valence-electron chi connectivity index (χ2n) is 7.96. The summed E-state index contributed by atoms with van der Waals surface area (Å²) in [4.78, 5) is 2.24. The summed E-state index contributed by atoms with van der Waals surface area (Å²) in [7, 11) is 0. The van der Waals surface area contributed by atoms with Crippen LogP contribution in [0.15, 0.2) is 103 Å². The van der Waals surface area contributed by atoms with Crippen molar-refractivity contribution in [1.29, 1.82) is 0 Å². The Kier molecular flexibility index (Phi) is 5.84. The van der Waals surface area contributed by atoms with Gasteiger partial charge in [-0.15, -0.1) is 0 Å². The summed E-state index contributed by atoms with van der Waals surface area (Å²) in [6, 6.07) is 28.0. The number of rotatable bonds is 5. The van der Waals surface area contributed by atoms with Crippen molar-refractivity contribution < 1.29 is 0 Å². The van der Waals surface area contributed by atoms with Crippen LogP contribution in [0.1, 0.15) is 33.3 Å². The van der Waals surface area contributed by atoms with E-state index in [0.717, 1.165) is 17.1 Å². The highest BCUT2D eigenvalue weighted by Gasteiger charge is 2.16. The molecule has 1 heteroatoms. The molecule has 0 saturated heterocycles. The van der Waals surface area contributed by atoms with Crippen LogP contribution in [0.5, 0.6) is 0 Å². The molecule has 0 fully saturated rings. The SMILES string of the molecule is C=C/C(=C\C)N(c1ccc(-c2ccccc2)cc1)c1ccc(C(C)(C)C)cc1.